The molecule has 18 heavy (non-hydrogen) atoms. The molecule has 0 spiro atoms. The zero-order valence-electron chi connectivity index (χ0n) is 12.5. The predicted molar refractivity (Wildman–Crippen MR) is 76.8 cm³/mol. The summed E-state index contributed by atoms with van der Waals surface area (Å²) in [4.78, 5) is 0. The van der Waals surface area contributed by atoms with E-state index in [1.54, 1.807) is 0 Å². The largest absolute Gasteiger partial charge is 0.374 e. The van der Waals surface area contributed by atoms with Crippen molar-refractivity contribution in [2.75, 3.05) is 13.2 Å². The van der Waals surface area contributed by atoms with Gasteiger partial charge in [-0.3, -0.25) is 0 Å². The number of hydrogen-bond donors (Lipinski definition) is 1. The Bertz CT molecular complexity index is 339. The van der Waals surface area contributed by atoms with E-state index in [-0.39, 0.29) is 5.60 Å². The SMILES string of the molecule is CCCNC(C)c1ccn(CCOC(C)(C)C)c1. The van der Waals surface area contributed by atoms with Gasteiger partial charge in [-0.05, 0) is 52.3 Å². The normalized spacial score (nSPS) is 13.8. The molecule has 1 heterocycles. The molecule has 0 aliphatic heterocycles. The Morgan fingerprint density at radius 3 is 2.72 bits per heavy atom. The van der Waals surface area contributed by atoms with Crippen LogP contribution in [0.2, 0.25) is 0 Å². The third-order valence-corrected chi connectivity index (χ3v) is 2.86. The van der Waals surface area contributed by atoms with Gasteiger partial charge in [-0.25, -0.2) is 0 Å². The molecule has 0 radical (unpaired) electrons. The lowest BCUT2D eigenvalue weighted by molar-refractivity contribution is -0.00680. The average molecular weight is 252 g/mol. The number of rotatable bonds is 7. The third kappa shape index (κ3) is 5.69. The molecule has 1 unspecified atom stereocenters. The molecular weight excluding hydrogens is 224 g/mol. The van der Waals surface area contributed by atoms with Crippen LogP contribution in [0.1, 0.15) is 52.6 Å². The van der Waals surface area contributed by atoms with Crippen molar-refractivity contribution in [1.82, 2.24) is 9.88 Å². The summed E-state index contributed by atoms with van der Waals surface area (Å²) in [6, 6.07) is 2.61. The topological polar surface area (TPSA) is 26.2 Å². The van der Waals surface area contributed by atoms with Gasteiger partial charge in [0.2, 0.25) is 0 Å². The van der Waals surface area contributed by atoms with Gasteiger partial charge in [0, 0.05) is 25.0 Å². The molecule has 0 aliphatic rings. The molecule has 0 amide bonds. The fraction of sp³-hybridized carbons (Fsp3) is 0.733. The van der Waals surface area contributed by atoms with E-state index in [1.165, 1.54) is 12.0 Å². The molecule has 1 atom stereocenters. The van der Waals surface area contributed by atoms with E-state index >= 15 is 0 Å². The number of aromatic nitrogens is 1. The molecule has 0 saturated carbocycles. The molecule has 0 fully saturated rings. The fourth-order valence-electron chi connectivity index (χ4n) is 1.79. The van der Waals surface area contributed by atoms with E-state index < -0.39 is 0 Å². The van der Waals surface area contributed by atoms with Crippen LogP contribution in [0.4, 0.5) is 0 Å². The molecule has 0 bridgehead atoms. The monoisotopic (exact) mass is 252 g/mol. The highest BCUT2D eigenvalue weighted by molar-refractivity contribution is 5.14. The van der Waals surface area contributed by atoms with Crippen molar-refractivity contribution in [2.45, 2.75) is 59.2 Å². The van der Waals surface area contributed by atoms with Crippen LogP contribution in [-0.4, -0.2) is 23.3 Å². The zero-order valence-corrected chi connectivity index (χ0v) is 12.5. The Morgan fingerprint density at radius 2 is 2.11 bits per heavy atom. The fourth-order valence-corrected chi connectivity index (χ4v) is 1.79. The summed E-state index contributed by atoms with van der Waals surface area (Å²) in [7, 11) is 0. The Balaban J connectivity index is 2.38. The highest BCUT2D eigenvalue weighted by Gasteiger charge is 2.10. The van der Waals surface area contributed by atoms with Crippen LogP contribution < -0.4 is 5.32 Å². The lowest BCUT2D eigenvalue weighted by atomic mass is 10.2. The van der Waals surface area contributed by atoms with Gasteiger partial charge in [-0.15, -0.1) is 0 Å². The molecule has 104 valence electrons. The second kappa shape index (κ2) is 6.95. The summed E-state index contributed by atoms with van der Waals surface area (Å²) in [6.07, 6.45) is 5.51. The van der Waals surface area contributed by atoms with Gasteiger partial charge >= 0.3 is 0 Å². The van der Waals surface area contributed by atoms with Gasteiger partial charge in [0.05, 0.1) is 12.2 Å². The van der Waals surface area contributed by atoms with Crippen LogP contribution in [0, 0.1) is 0 Å². The second-order valence-electron chi connectivity index (χ2n) is 5.82. The summed E-state index contributed by atoms with van der Waals surface area (Å²) in [5.41, 5.74) is 1.30. The number of nitrogens with zero attached hydrogens (tertiary/aromatic N) is 1. The maximum Gasteiger partial charge on any atom is 0.0652 e. The molecule has 3 heteroatoms. The van der Waals surface area contributed by atoms with Crippen molar-refractivity contribution in [2.24, 2.45) is 0 Å². The van der Waals surface area contributed by atoms with Crippen LogP contribution in [0.15, 0.2) is 18.5 Å². The molecule has 1 rings (SSSR count). The zero-order chi connectivity index (χ0) is 13.6. The standard InChI is InChI=1S/C15H28N2O/c1-6-8-16-13(2)14-7-9-17(12-14)10-11-18-15(3,4)5/h7,9,12-13,16H,6,8,10-11H2,1-5H3. The number of ether oxygens (including phenoxy) is 1. The molecular formula is C15H28N2O. The van der Waals surface area contributed by atoms with E-state index in [0.717, 1.165) is 19.7 Å². The predicted octanol–water partition coefficient (Wildman–Crippen LogP) is 3.36. The number of nitrogens with one attached hydrogen (secondary N) is 1. The van der Waals surface area contributed by atoms with E-state index in [1.807, 2.05) is 0 Å². The minimum atomic E-state index is -0.0496. The van der Waals surface area contributed by atoms with Crippen LogP contribution in [-0.2, 0) is 11.3 Å². The number of hydrogen-bond acceptors (Lipinski definition) is 2. The second-order valence-corrected chi connectivity index (χ2v) is 5.82. The van der Waals surface area contributed by atoms with E-state index in [0.29, 0.717) is 6.04 Å². The summed E-state index contributed by atoms with van der Waals surface area (Å²) in [6.45, 7) is 13.4. The third-order valence-electron chi connectivity index (χ3n) is 2.86. The first kappa shape index (κ1) is 15.3. The molecule has 0 saturated heterocycles. The van der Waals surface area contributed by atoms with Crippen molar-refractivity contribution < 1.29 is 4.74 Å². The summed E-state index contributed by atoms with van der Waals surface area (Å²) in [5, 5.41) is 3.50. The van der Waals surface area contributed by atoms with Gasteiger partial charge in [-0.2, -0.15) is 0 Å². The Kier molecular flexibility index (Phi) is 5.89. The molecule has 1 aromatic rings. The first-order valence-corrected chi connectivity index (χ1v) is 6.95. The first-order valence-electron chi connectivity index (χ1n) is 6.95. The minimum Gasteiger partial charge on any atom is -0.374 e. The van der Waals surface area contributed by atoms with Crippen LogP contribution in [0.3, 0.4) is 0 Å². The van der Waals surface area contributed by atoms with Gasteiger partial charge < -0.3 is 14.6 Å². The van der Waals surface area contributed by atoms with Gasteiger partial charge in [0.1, 0.15) is 0 Å². The van der Waals surface area contributed by atoms with Gasteiger partial charge in [-0.1, -0.05) is 6.92 Å². The van der Waals surface area contributed by atoms with Gasteiger partial charge in [0.25, 0.3) is 0 Å². The van der Waals surface area contributed by atoms with Crippen molar-refractivity contribution in [1.29, 1.82) is 0 Å². The van der Waals surface area contributed by atoms with E-state index in [9.17, 15) is 0 Å². The van der Waals surface area contributed by atoms with E-state index in [4.69, 9.17) is 4.74 Å². The first-order chi connectivity index (χ1) is 8.42. The minimum absolute atomic E-state index is 0.0496. The van der Waals surface area contributed by atoms with Crippen LogP contribution >= 0.6 is 0 Å². The maximum absolute atomic E-state index is 5.73. The van der Waals surface area contributed by atoms with Gasteiger partial charge in [0.15, 0.2) is 0 Å². The summed E-state index contributed by atoms with van der Waals surface area (Å²) in [5.74, 6) is 0. The lowest BCUT2D eigenvalue weighted by Crippen LogP contribution is -2.21. The highest BCUT2D eigenvalue weighted by atomic mass is 16.5. The molecule has 0 aliphatic carbocycles. The summed E-state index contributed by atoms with van der Waals surface area (Å²) >= 11 is 0. The van der Waals surface area contributed by atoms with Crippen LogP contribution in [0.25, 0.3) is 0 Å². The Hall–Kier alpha value is -0.800. The smallest absolute Gasteiger partial charge is 0.0652 e. The molecule has 0 aromatic carbocycles. The quantitative estimate of drug-likeness (QED) is 0.805. The Labute approximate surface area is 112 Å². The van der Waals surface area contributed by atoms with E-state index in [2.05, 4.69) is 63.0 Å². The van der Waals surface area contributed by atoms with Crippen LogP contribution in [0.5, 0.6) is 0 Å². The summed E-state index contributed by atoms with van der Waals surface area (Å²) < 4.78 is 7.93. The molecule has 3 nitrogen and oxygen atoms in total. The van der Waals surface area contributed by atoms with Crippen molar-refractivity contribution >= 4 is 0 Å². The van der Waals surface area contributed by atoms with Crippen molar-refractivity contribution in [3.63, 3.8) is 0 Å². The molecule has 1 aromatic heterocycles. The van der Waals surface area contributed by atoms with Crippen molar-refractivity contribution in [3.8, 4) is 0 Å². The average Bonchev–Trinajstić information content (AvgIpc) is 2.73. The maximum atomic E-state index is 5.73. The highest BCUT2D eigenvalue weighted by Crippen LogP contribution is 2.13. The Morgan fingerprint density at radius 1 is 1.39 bits per heavy atom. The van der Waals surface area contributed by atoms with Crippen molar-refractivity contribution in [3.05, 3.63) is 24.0 Å². The molecule has 1 N–H and O–H groups in total. The lowest BCUT2D eigenvalue weighted by Gasteiger charge is -2.19.